The van der Waals surface area contributed by atoms with Crippen molar-refractivity contribution >= 4 is 35.0 Å². The lowest BCUT2D eigenvalue weighted by Crippen LogP contribution is -2.18. The maximum atomic E-state index is 13.1. The summed E-state index contributed by atoms with van der Waals surface area (Å²) < 4.78 is 46.2. The molecule has 0 aliphatic carbocycles. The number of ether oxygens (including phenoxy) is 1. The van der Waals surface area contributed by atoms with Gasteiger partial charge in [-0.1, -0.05) is 29.4 Å². The summed E-state index contributed by atoms with van der Waals surface area (Å²) in [6.07, 6.45) is -3.17. The molecule has 0 saturated carbocycles. The van der Waals surface area contributed by atoms with Crippen molar-refractivity contribution < 1.29 is 22.7 Å². The number of alkyl halides is 3. The van der Waals surface area contributed by atoms with Gasteiger partial charge >= 0.3 is 6.18 Å². The number of methoxy groups -OCH3 is 1. The molecule has 1 amide bonds. The van der Waals surface area contributed by atoms with E-state index in [2.05, 4.69) is 15.5 Å². The third-order valence-corrected chi connectivity index (χ3v) is 5.04. The van der Waals surface area contributed by atoms with Gasteiger partial charge in [-0.2, -0.15) is 13.2 Å². The van der Waals surface area contributed by atoms with Crippen LogP contribution >= 0.6 is 23.4 Å². The fourth-order valence-corrected chi connectivity index (χ4v) is 3.39. The highest BCUT2D eigenvalue weighted by molar-refractivity contribution is 7.99. The molecule has 0 bridgehead atoms. The monoisotopic (exact) mass is 442 g/mol. The molecule has 0 spiro atoms. The topological polar surface area (TPSA) is 69.0 Å². The predicted molar refractivity (Wildman–Crippen MR) is 104 cm³/mol. The molecule has 0 aliphatic heterocycles. The lowest BCUT2D eigenvalue weighted by molar-refractivity contribution is -0.137. The Morgan fingerprint density at radius 2 is 1.97 bits per heavy atom. The van der Waals surface area contributed by atoms with Gasteiger partial charge in [0.05, 0.1) is 29.1 Å². The van der Waals surface area contributed by atoms with Gasteiger partial charge in [-0.3, -0.25) is 9.36 Å². The van der Waals surface area contributed by atoms with Crippen LogP contribution in [0.2, 0.25) is 5.02 Å². The molecule has 1 N–H and O–H groups in total. The summed E-state index contributed by atoms with van der Waals surface area (Å²) in [5, 5.41) is 10.2. The van der Waals surface area contributed by atoms with E-state index in [1.54, 1.807) is 35.9 Å². The second-order valence-electron chi connectivity index (χ2n) is 5.68. The Labute approximate surface area is 173 Å². The van der Waals surface area contributed by atoms with Crippen molar-refractivity contribution in [1.29, 1.82) is 0 Å². The summed E-state index contributed by atoms with van der Waals surface area (Å²) in [6, 6.07) is 10.4. The van der Waals surface area contributed by atoms with Crippen molar-refractivity contribution in [2.75, 3.05) is 18.2 Å². The van der Waals surface area contributed by atoms with Gasteiger partial charge in [0, 0.05) is 5.69 Å². The van der Waals surface area contributed by atoms with E-state index in [1.807, 2.05) is 0 Å². The summed E-state index contributed by atoms with van der Waals surface area (Å²) in [6.45, 7) is 0. The van der Waals surface area contributed by atoms with Crippen molar-refractivity contribution in [3.8, 4) is 11.4 Å². The van der Waals surface area contributed by atoms with Crippen molar-refractivity contribution in [3.63, 3.8) is 0 Å². The van der Waals surface area contributed by atoms with E-state index in [1.165, 1.54) is 18.5 Å². The summed E-state index contributed by atoms with van der Waals surface area (Å²) >= 11 is 6.88. The van der Waals surface area contributed by atoms with Crippen molar-refractivity contribution in [1.82, 2.24) is 14.8 Å². The molecule has 0 saturated heterocycles. The Morgan fingerprint density at radius 3 is 2.62 bits per heavy atom. The van der Waals surface area contributed by atoms with Crippen LogP contribution < -0.4 is 10.1 Å². The van der Waals surface area contributed by atoms with Crippen LogP contribution in [0.1, 0.15) is 5.56 Å². The van der Waals surface area contributed by atoms with Crippen LogP contribution in [0.3, 0.4) is 0 Å². The van der Waals surface area contributed by atoms with Crippen LogP contribution in [-0.2, 0) is 11.0 Å². The van der Waals surface area contributed by atoms with Gasteiger partial charge < -0.3 is 10.1 Å². The van der Waals surface area contributed by atoms with Crippen LogP contribution in [0, 0.1) is 0 Å². The minimum Gasteiger partial charge on any atom is -0.497 e. The fourth-order valence-electron chi connectivity index (χ4n) is 2.44. The molecule has 3 aromatic rings. The molecule has 1 aromatic heterocycles. The number of nitrogens with one attached hydrogen (secondary N) is 1. The Kier molecular flexibility index (Phi) is 6.33. The van der Waals surface area contributed by atoms with Gasteiger partial charge in [-0.05, 0) is 36.4 Å². The van der Waals surface area contributed by atoms with Gasteiger partial charge in [0.2, 0.25) is 5.91 Å². The predicted octanol–water partition coefficient (Wildman–Crippen LogP) is 4.68. The Balaban J connectivity index is 1.71. The van der Waals surface area contributed by atoms with Gasteiger partial charge in [-0.25, -0.2) is 0 Å². The highest BCUT2D eigenvalue weighted by atomic mass is 35.5. The minimum absolute atomic E-state index is 0.183. The van der Waals surface area contributed by atoms with E-state index in [0.29, 0.717) is 10.9 Å². The third kappa shape index (κ3) is 5.01. The number of para-hydroxylation sites is 1. The summed E-state index contributed by atoms with van der Waals surface area (Å²) in [5.74, 6) is -0.161. The molecule has 3 rings (SSSR count). The number of benzene rings is 2. The Morgan fingerprint density at radius 1 is 1.24 bits per heavy atom. The van der Waals surface area contributed by atoms with E-state index in [-0.39, 0.29) is 10.8 Å². The first kappa shape index (κ1) is 21.0. The van der Waals surface area contributed by atoms with E-state index in [0.717, 1.165) is 23.5 Å². The van der Waals surface area contributed by atoms with E-state index in [9.17, 15) is 18.0 Å². The molecular formula is C18H14ClF3N4O2S. The van der Waals surface area contributed by atoms with Gasteiger partial charge in [-0.15, -0.1) is 10.2 Å². The second kappa shape index (κ2) is 8.75. The zero-order valence-corrected chi connectivity index (χ0v) is 16.5. The first-order valence-corrected chi connectivity index (χ1v) is 9.48. The normalized spacial score (nSPS) is 11.3. The van der Waals surface area contributed by atoms with Gasteiger partial charge in [0.15, 0.2) is 5.16 Å². The van der Waals surface area contributed by atoms with Crippen LogP contribution in [0.25, 0.3) is 5.69 Å². The van der Waals surface area contributed by atoms with Crippen LogP contribution in [0.5, 0.6) is 5.75 Å². The molecule has 0 atom stereocenters. The summed E-state index contributed by atoms with van der Waals surface area (Å²) in [4.78, 5) is 12.2. The third-order valence-electron chi connectivity index (χ3n) is 3.78. The number of hydrogen-bond acceptors (Lipinski definition) is 5. The minimum atomic E-state index is -4.64. The lowest BCUT2D eigenvalue weighted by Gasteiger charge is -2.15. The zero-order valence-electron chi connectivity index (χ0n) is 14.9. The number of carbonyl (C=O) groups excluding carboxylic acids is 1. The molecule has 11 heteroatoms. The number of halogens is 4. The average molecular weight is 443 g/mol. The maximum absolute atomic E-state index is 13.1. The molecule has 0 fully saturated rings. The van der Waals surface area contributed by atoms with E-state index < -0.39 is 23.3 Å². The first-order chi connectivity index (χ1) is 13.8. The molecule has 0 radical (unpaired) electrons. The first-order valence-electron chi connectivity index (χ1n) is 8.12. The Hall–Kier alpha value is -2.72. The number of hydrogen-bond donors (Lipinski definition) is 1. The molecule has 2 aromatic carbocycles. The average Bonchev–Trinajstić information content (AvgIpc) is 3.16. The number of carbonyl (C=O) groups is 1. The van der Waals surface area contributed by atoms with Crippen LogP contribution in [-0.4, -0.2) is 33.5 Å². The molecule has 0 unspecified atom stereocenters. The van der Waals surface area contributed by atoms with E-state index >= 15 is 0 Å². The van der Waals surface area contributed by atoms with Crippen LogP contribution in [0.15, 0.2) is 53.9 Å². The number of rotatable bonds is 6. The number of aromatic nitrogens is 3. The molecular weight excluding hydrogens is 429 g/mol. The summed E-state index contributed by atoms with van der Waals surface area (Å²) in [7, 11) is 1.55. The maximum Gasteiger partial charge on any atom is 0.418 e. The highest BCUT2D eigenvalue weighted by Gasteiger charge is 2.34. The smallest absolute Gasteiger partial charge is 0.418 e. The molecule has 1 heterocycles. The zero-order chi connectivity index (χ0) is 21.0. The van der Waals surface area contributed by atoms with Crippen LogP contribution in [0.4, 0.5) is 18.9 Å². The van der Waals surface area contributed by atoms with E-state index in [4.69, 9.17) is 16.3 Å². The largest absolute Gasteiger partial charge is 0.497 e. The molecule has 0 aliphatic rings. The van der Waals surface area contributed by atoms with Crippen molar-refractivity contribution in [2.24, 2.45) is 0 Å². The molecule has 6 nitrogen and oxygen atoms in total. The van der Waals surface area contributed by atoms with Crippen molar-refractivity contribution in [3.05, 3.63) is 59.4 Å². The number of nitrogens with zero attached hydrogens (tertiary/aromatic N) is 3. The van der Waals surface area contributed by atoms with Gasteiger partial charge in [0.1, 0.15) is 12.1 Å². The number of anilines is 1. The summed E-state index contributed by atoms with van der Waals surface area (Å²) in [5.41, 5.74) is -0.738. The molecule has 29 heavy (non-hydrogen) atoms. The standard InChI is InChI=1S/C18H14ClF3N4O2S/c1-28-12-7-5-11(6-8-12)26-10-23-25-17(26)29-9-15(27)24-16-13(18(20,21)22)3-2-4-14(16)19/h2-8,10H,9H2,1H3,(H,24,27). The Bertz CT molecular complexity index is 1010. The van der Waals surface area contributed by atoms with Gasteiger partial charge in [0.25, 0.3) is 0 Å². The number of amides is 1. The lowest BCUT2D eigenvalue weighted by atomic mass is 10.1. The molecule has 152 valence electrons. The number of thioether (sulfide) groups is 1. The SMILES string of the molecule is COc1ccc(-n2cnnc2SCC(=O)Nc2c(Cl)cccc2C(F)(F)F)cc1. The highest BCUT2D eigenvalue weighted by Crippen LogP contribution is 2.38. The quantitative estimate of drug-likeness (QED) is 0.561. The fraction of sp³-hybridized carbons (Fsp3) is 0.167. The second-order valence-corrected chi connectivity index (χ2v) is 7.03. The van der Waals surface area contributed by atoms with Crippen molar-refractivity contribution in [2.45, 2.75) is 11.3 Å².